The highest BCUT2D eigenvalue weighted by Crippen LogP contribution is 2.37. The van der Waals surface area contributed by atoms with Crippen LogP contribution in [-0.4, -0.2) is 10.7 Å². The number of benzene rings is 2. The molecule has 0 amide bonds. The summed E-state index contributed by atoms with van der Waals surface area (Å²) in [6.45, 7) is 4.14. The monoisotopic (exact) mass is 371 g/mol. The summed E-state index contributed by atoms with van der Waals surface area (Å²) in [4.78, 5) is 13.1. The zero-order valence-electron chi connectivity index (χ0n) is 15.5. The Kier molecular flexibility index (Phi) is 4.87. The molecule has 27 heavy (non-hydrogen) atoms. The smallest absolute Gasteiger partial charge is 0.167 e. The molecule has 0 unspecified atom stereocenters. The fourth-order valence-electron chi connectivity index (χ4n) is 3.35. The van der Waals surface area contributed by atoms with Crippen LogP contribution in [0.5, 0.6) is 0 Å². The number of aromatic nitrogens is 1. The molecular weight excluding hydrogens is 350 g/mol. The van der Waals surface area contributed by atoms with E-state index in [2.05, 4.69) is 67.6 Å². The maximum atomic E-state index is 11.9. The molecule has 0 aliphatic carbocycles. The second-order valence-electron chi connectivity index (χ2n) is 6.84. The summed E-state index contributed by atoms with van der Waals surface area (Å²) in [6.07, 6.45) is 2.99. The first-order valence-corrected chi connectivity index (χ1v) is 9.99. The third kappa shape index (κ3) is 3.56. The highest BCUT2D eigenvalue weighted by molar-refractivity contribution is 7.98. The molecule has 0 spiro atoms. The van der Waals surface area contributed by atoms with Crippen LogP contribution in [0.4, 0.5) is 0 Å². The summed E-state index contributed by atoms with van der Waals surface area (Å²) in [5.74, 6) is 0.903. The first kappa shape index (κ1) is 17.6. The van der Waals surface area contributed by atoms with Crippen molar-refractivity contribution in [2.45, 2.75) is 24.5 Å². The molecule has 0 radical (unpaired) electrons. The van der Waals surface area contributed by atoms with Crippen LogP contribution in [0, 0.1) is 13.8 Å². The van der Waals surface area contributed by atoms with E-state index < -0.39 is 0 Å². The Morgan fingerprint density at radius 3 is 2.44 bits per heavy atom. The van der Waals surface area contributed by atoms with Crippen molar-refractivity contribution in [1.29, 1.82) is 0 Å². The summed E-state index contributed by atoms with van der Waals surface area (Å²) in [5, 5.41) is 0. The van der Waals surface area contributed by atoms with Gasteiger partial charge in [0.2, 0.25) is 0 Å². The van der Waals surface area contributed by atoms with E-state index in [9.17, 15) is 4.79 Å². The fourth-order valence-corrected chi connectivity index (χ4v) is 4.35. The average Bonchev–Trinajstić information content (AvgIpc) is 3.05. The molecule has 0 fully saturated rings. The van der Waals surface area contributed by atoms with E-state index >= 15 is 0 Å². The SMILES string of the molecule is Cc1ccc(SCc2ccccc2)c(-c2cc3ccc(C)cn3c2C=O)c1. The first-order valence-electron chi connectivity index (χ1n) is 9.00. The van der Waals surface area contributed by atoms with Crippen LogP contribution in [0.2, 0.25) is 0 Å². The normalized spacial score (nSPS) is 11.0. The first-order chi connectivity index (χ1) is 13.2. The van der Waals surface area contributed by atoms with Crippen LogP contribution in [0.1, 0.15) is 27.2 Å². The van der Waals surface area contributed by atoms with Gasteiger partial charge in [0.1, 0.15) is 0 Å². The Morgan fingerprint density at radius 1 is 0.889 bits per heavy atom. The number of thioether (sulfide) groups is 1. The van der Waals surface area contributed by atoms with Gasteiger partial charge in [-0.3, -0.25) is 4.79 Å². The minimum Gasteiger partial charge on any atom is -0.313 e. The fraction of sp³-hybridized carbons (Fsp3) is 0.125. The van der Waals surface area contributed by atoms with Gasteiger partial charge in [-0.05, 0) is 48.7 Å². The molecule has 0 atom stereocenters. The molecule has 0 N–H and O–H groups in total. The molecule has 0 aliphatic rings. The molecule has 2 nitrogen and oxygen atoms in total. The Labute approximate surface area is 163 Å². The summed E-state index contributed by atoms with van der Waals surface area (Å²) in [7, 11) is 0. The van der Waals surface area contributed by atoms with Crippen molar-refractivity contribution in [2.24, 2.45) is 0 Å². The third-order valence-electron chi connectivity index (χ3n) is 4.73. The number of carbonyl (C=O) groups is 1. The van der Waals surface area contributed by atoms with E-state index in [-0.39, 0.29) is 0 Å². The number of pyridine rings is 1. The van der Waals surface area contributed by atoms with Crippen LogP contribution < -0.4 is 0 Å². The highest BCUT2D eigenvalue weighted by Gasteiger charge is 2.15. The second-order valence-corrected chi connectivity index (χ2v) is 7.85. The van der Waals surface area contributed by atoms with Crippen LogP contribution in [0.25, 0.3) is 16.6 Å². The van der Waals surface area contributed by atoms with Crippen molar-refractivity contribution in [3.63, 3.8) is 0 Å². The van der Waals surface area contributed by atoms with Crippen molar-refractivity contribution in [2.75, 3.05) is 0 Å². The number of fused-ring (bicyclic) bond motifs is 1. The third-order valence-corrected chi connectivity index (χ3v) is 5.87. The molecule has 4 rings (SSSR count). The molecule has 3 heteroatoms. The minimum atomic E-state index is 0.709. The molecule has 4 aromatic rings. The molecule has 0 bridgehead atoms. The molecule has 134 valence electrons. The van der Waals surface area contributed by atoms with E-state index in [1.807, 2.05) is 35.3 Å². The number of aldehydes is 1. The van der Waals surface area contributed by atoms with Crippen LogP contribution in [-0.2, 0) is 5.75 Å². The summed E-state index contributed by atoms with van der Waals surface area (Å²) in [5.41, 5.74) is 7.49. The number of hydrogen-bond donors (Lipinski definition) is 0. The topological polar surface area (TPSA) is 21.5 Å². The van der Waals surface area contributed by atoms with Gasteiger partial charge in [0.25, 0.3) is 0 Å². The Balaban J connectivity index is 1.80. The van der Waals surface area contributed by atoms with Crippen LogP contribution in [0.15, 0.2) is 77.8 Å². The summed E-state index contributed by atoms with van der Waals surface area (Å²) < 4.78 is 1.99. The van der Waals surface area contributed by atoms with Crippen molar-refractivity contribution < 1.29 is 4.79 Å². The van der Waals surface area contributed by atoms with Crippen molar-refractivity contribution in [3.8, 4) is 11.1 Å². The summed E-state index contributed by atoms with van der Waals surface area (Å²) in [6, 6.07) is 23.2. The average molecular weight is 372 g/mol. The van der Waals surface area contributed by atoms with Gasteiger partial charge < -0.3 is 4.40 Å². The standard InChI is InChI=1S/C24H21NOS/c1-17-9-11-24(27-16-19-6-4-3-5-7-19)22(12-17)21-13-20-10-8-18(2)14-25(20)23(21)15-26/h3-15H,16H2,1-2H3. The lowest BCUT2D eigenvalue weighted by molar-refractivity contribution is 0.111. The van der Waals surface area contributed by atoms with E-state index in [1.54, 1.807) is 0 Å². The number of nitrogens with zero attached hydrogens (tertiary/aromatic N) is 1. The summed E-state index contributed by atoms with van der Waals surface area (Å²) >= 11 is 1.81. The number of rotatable bonds is 5. The van der Waals surface area contributed by atoms with E-state index in [0.717, 1.165) is 34.2 Å². The predicted octanol–water partition coefficient (Wildman–Crippen LogP) is 6.33. The van der Waals surface area contributed by atoms with Gasteiger partial charge in [0.15, 0.2) is 6.29 Å². The Bertz CT molecular complexity index is 1110. The lowest BCUT2D eigenvalue weighted by atomic mass is 10.0. The van der Waals surface area contributed by atoms with Gasteiger partial charge in [-0.25, -0.2) is 0 Å². The van der Waals surface area contributed by atoms with Gasteiger partial charge in [-0.15, -0.1) is 11.8 Å². The highest BCUT2D eigenvalue weighted by atomic mass is 32.2. The van der Waals surface area contributed by atoms with E-state index in [0.29, 0.717) is 5.69 Å². The number of hydrogen-bond acceptors (Lipinski definition) is 2. The van der Waals surface area contributed by atoms with Gasteiger partial charge >= 0.3 is 0 Å². The molecule has 0 saturated heterocycles. The van der Waals surface area contributed by atoms with Gasteiger partial charge in [-0.2, -0.15) is 0 Å². The zero-order valence-corrected chi connectivity index (χ0v) is 16.3. The zero-order chi connectivity index (χ0) is 18.8. The molecule has 0 saturated carbocycles. The number of aryl methyl sites for hydroxylation is 2. The molecule has 2 aromatic heterocycles. The maximum Gasteiger partial charge on any atom is 0.167 e. The maximum absolute atomic E-state index is 11.9. The van der Waals surface area contributed by atoms with Crippen LogP contribution >= 0.6 is 11.8 Å². The molecule has 0 aliphatic heterocycles. The van der Waals surface area contributed by atoms with E-state index in [4.69, 9.17) is 0 Å². The van der Waals surface area contributed by atoms with Crippen molar-refractivity contribution in [1.82, 2.24) is 4.40 Å². The molecule has 2 aromatic carbocycles. The lowest BCUT2D eigenvalue weighted by Gasteiger charge is -2.11. The molecule has 2 heterocycles. The lowest BCUT2D eigenvalue weighted by Crippen LogP contribution is -1.94. The number of carbonyl (C=O) groups excluding carboxylic acids is 1. The minimum absolute atomic E-state index is 0.709. The van der Waals surface area contributed by atoms with Gasteiger partial charge in [0, 0.05) is 27.9 Å². The Morgan fingerprint density at radius 2 is 1.67 bits per heavy atom. The van der Waals surface area contributed by atoms with Gasteiger partial charge in [-0.1, -0.05) is 54.1 Å². The second kappa shape index (κ2) is 7.45. The predicted molar refractivity (Wildman–Crippen MR) is 114 cm³/mol. The largest absolute Gasteiger partial charge is 0.313 e. The van der Waals surface area contributed by atoms with Crippen molar-refractivity contribution >= 4 is 23.6 Å². The Hall–Kier alpha value is -2.78. The molecular formula is C24H21NOS. The quantitative estimate of drug-likeness (QED) is 0.302. The van der Waals surface area contributed by atoms with Crippen molar-refractivity contribution in [3.05, 3.63) is 95.3 Å². The van der Waals surface area contributed by atoms with Gasteiger partial charge in [0.05, 0.1) is 5.69 Å². The van der Waals surface area contributed by atoms with E-state index in [1.165, 1.54) is 16.0 Å². The van der Waals surface area contributed by atoms with Crippen LogP contribution in [0.3, 0.4) is 0 Å².